The summed E-state index contributed by atoms with van der Waals surface area (Å²) in [7, 11) is 0. The highest BCUT2D eigenvalue weighted by Crippen LogP contribution is 2.18. The van der Waals surface area contributed by atoms with Crippen LogP contribution in [0.15, 0.2) is 40.3 Å². The van der Waals surface area contributed by atoms with Crippen LogP contribution < -0.4 is 5.56 Å². The Labute approximate surface area is 140 Å². The van der Waals surface area contributed by atoms with Crippen molar-refractivity contribution < 1.29 is 5.11 Å². The Bertz CT molecular complexity index is 669. The molecular formula is C17H23N3O2S. The molecule has 23 heavy (non-hydrogen) atoms. The van der Waals surface area contributed by atoms with Crippen molar-refractivity contribution >= 4 is 11.8 Å². The Kier molecular flexibility index (Phi) is 6.67. The number of benzene rings is 1. The molecule has 1 aromatic carbocycles. The average molecular weight is 333 g/mol. The summed E-state index contributed by atoms with van der Waals surface area (Å²) < 4.78 is 0. The van der Waals surface area contributed by atoms with E-state index >= 15 is 0 Å². The van der Waals surface area contributed by atoms with Crippen molar-refractivity contribution in [3.05, 3.63) is 51.8 Å². The average Bonchev–Trinajstić information content (AvgIpc) is 2.56. The Morgan fingerprint density at radius 1 is 1.22 bits per heavy atom. The molecule has 124 valence electrons. The van der Waals surface area contributed by atoms with Gasteiger partial charge in [0.2, 0.25) is 5.88 Å². The summed E-state index contributed by atoms with van der Waals surface area (Å²) in [5.74, 6) is 0.644. The van der Waals surface area contributed by atoms with Crippen LogP contribution in [-0.4, -0.2) is 45.4 Å². The number of hydrogen-bond donors (Lipinski definition) is 2. The van der Waals surface area contributed by atoms with E-state index in [1.54, 1.807) is 0 Å². The molecule has 0 aliphatic carbocycles. The van der Waals surface area contributed by atoms with E-state index in [2.05, 4.69) is 28.7 Å². The first-order chi connectivity index (χ1) is 11.1. The normalized spacial score (nSPS) is 11.1. The largest absolute Gasteiger partial charge is 0.493 e. The zero-order valence-corrected chi connectivity index (χ0v) is 14.4. The van der Waals surface area contributed by atoms with Crippen LogP contribution in [0.25, 0.3) is 0 Å². The van der Waals surface area contributed by atoms with E-state index in [0.717, 1.165) is 31.0 Å². The van der Waals surface area contributed by atoms with E-state index in [-0.39, 0.29) is 11.4 Å². The van der Waals surface area contributed by atoms with Crippen molar-refractivity contribution in [3.8, 4) is 5.88 Å². The fourth-order valence-electron chi connectivity index (χ4n) is 2.30. The molecule has 0 saturated heterocycles. The van der Waals surface area contributed by atoms with Gasteiger partial charge in [-0.2, -0.15) is 4.98 Å². The van der Waals surface area contributed by atoms with Gasteiger partial charge in [-0.05, 0) is 18.7 Å². The maximum absolute atomic E-state index is 12.2. The van der Waals surface area contributed by atoms with Crippen molar-refractivity contribution in [2.45, 2.75) is 25.4 Å². The zero-order chi connectivity index (χ0) is 16.7. The van der Waals surface area contributed by atoms with Gasteiger partial charge in [-0.3, -0.25) is 4.79 Å². The van der Waals surface area contributed by atoms with Crippen LogP contribution in [0.1, 0.15) is 25.0 Å². The molecule has 0 amide bonds. The number of rotatable bonds is 8. The van der Waals surface area contributed by atoms with Crippen LogP contribution in [0.5, 0.6) is 5.88 Å². The van der Waals surface area contributed by atoms with Crippen LogP contribution in [0.4, 0.5) is 0 Å². The topological polar surface area (TPSA) is 69.2 Å². The van der Waals surface area contributed by atoms with Gasteiger partial charge in [0.15, 0.2) is 5.16 Å². The van der Waals surface area contributed by atoms with Gasteiger partial charge in [0.05, 0.1) is 5.56 Å². The van der Waals surface area contributed by atoms with Crippen molar-refractivity contribution in [1.29, 1.82) is 0 Å². The summed E-state index contributed by atoms with van der Waals surface area (Å²) in [5, 5.41) is 10.5. The quantitative estimate of drug-likeness (QED) is 0.574. The van der Waals surface area contributed by atoms with E-state index in [1.807, 2.05) is 30.3 Å². The summed E-state index contributed by atoms with van der Waals surface area (Å²) >= 11 is 1.45. The number of thioether (sulfide) groups is 1. The molecule has 2 aromatic rings. The third-order valence-corrected chi connectivity index (χ3v) is 4.59. The maximum Gasteiger partial charge on any atom is 0.258 e. The highest BCUT2D eigenvalue weighted by Gasteiger charge is 2.12. The minimum Gasteiger partial charge on any atom is -0.493 e. The van der Waals surface area contributed by atoms with E-state index in [0.29, 0.717) is 17.1 Å². The summed E-state index contributed by atoms with van der Waals surface area (Å²) in [6.45, 7) is 7.18. The van der Waals surface area contributed by atoms with Crippen LogP contribution in [0.3, 0.4) is 0 Å². The lowest BCUT2D eigenvalue weighted by atomic mass is 10.1. The van der Waals surface area contributed by atoms with Gasteiger partial charge in [0.25, 0.3) is 5.56 Å². The van der Waals surface area contributed by atoms with Crippen molar-refractivity contribution in [2.24, 2.45) is 0 Å². The molecule has 0 fully saturated rings. The second kappa shape index (κ2) is 8.74. The van der Waals surface area contributed by atoms with Crippen LogP contribution in [0, 0.1) is 0 Å². The van der Waals surface area contributed by atoms with Crippen molar-refractivity contribution in [1.82, 2.24) is 14.9 Å². The number of aromatic amines is 1. The van der Waals surface area contributed by atoms with Crippen LogP contribution in [0.2, 0.25) is 0 Å². The Hall–Kier alpha value is -1.79. The fourth-order valence-corrected chi connectivity index (χ4v) is 3.16. The lowest BCUT2D eigenvalue weighted by molar-refractivity contribution is 0.324. The van der Waals surface area contributed by atoms with Gasteiger partial charge in [-0.15, -0.1) is 0 Å². The molecule has 0 radical (unpaired) electrons. The van der Waals surface area contributed by atoms with E-state index in [1.165, 1.54) is 11.8 Å². The molecule has 0 aliphatic rings. The number of nitrogens with zero attached hydrogens (tertiary/aromatic N) is 2. The van der Waals surface area contributed by atoms with E-state index in [4.69, 9.17) is 0 Å². The minimum atomic E-state index is -0.272. The Morgan fingerprint density at radius 2 is 1.91 bits per heavy atom. The van der Waals surface area contributed by atoms with Gasteiger partial charge in [0, 0.05) is 18.7 Å². The van der Waals surface area contributed by atoms with Crippen molar-refractivity contribution in [3.63, 3.8) is 0 Å². The smallest absolute Gasteiger partial charge is 0.258 e. The zero-order valence-electron chi connectivity index (χ0n) is 13.6. The predicted molar refractivity (Wildman–Crippen MR) is 94.3 cm³/mol. The SMILES string of the molecule is CCN(CC)CCSc1nc(O)c(Cc2ccccc2)c(=O)[nH]1. The lowest BCUT2D eigenvalue weighted by Crippen LogP contribution is -2.25. The highest BCUT2D eigenvalue weighted by molar-refractivity contribution is 7.99. The predicted octanol–water partition coefficient (Wildman–Crippen LogP) is 2.50. The molecule has 0 aliphatic heterocycles. The van der Waals surface area contributed by atoms with Gasteiger partial charge >= 0.3 is 0 Å². The van der Waals surface area contributed by atoms with Gasteiger partial charge < -0.3 is 15.0 Å². The molecule has 0 atom stereocenters. The van der Waals surface area contributed by atoms with Crippen LogP contribution in [-0.2, 0) is 6.42 Å². The highest BCUT2D eigenvalue weighted by atomic mass is 32.2. The second-order valence-electron chi connectivity index (χ2n) is 5.21. The fraction of sp³-hybridized carbons (Fsp3) is 0.412. The molecular weight excluding hydrogens is 310 g/mol. The standard InChI is InChI=1S/C17H23N3O2S/c1-3-20(4-2)10-11-23-17-18-15(21)14(16(22)19-17)12-13-8-6-5-7-9-13/h5-9H,3-4,10-12H2,1-2H3,(H2,18,19,21,22). The Morgan fingerprint density at radius 3 is 2.52 bits per heavy atom. The number of H-pyrrole nitrogens is 1. The number of nitrogens with one attached hydrogen (secondary N) is 1. The first-order valence-corrected chi connectivity index (χ1v) is 8.83. The number of hydrogen-bond acceptors (Lipinski definition) is 5. The first-order valence-electron chi connectivity index (χ1n) is 7.85. The van der Waals surface area contributed by atoms with Gasteiger partial charge in [-0.25, -0.2) is 0 Å². The summed E-state index contributed by atoms with van der Waals surface area (Å²) in [6, 6.07) is 9.58. The third-order valence-electron chi connectivity index (χ3n) is 3.74. The number of aromatic hydroxyl groups is 1. The van der Waals surface area contributed by atoms with Crippen molar-refractivity contribution in [2.75, 3.05) is 25.4 Å². The molecule has 1 aromatic heterocycles. The second-order valence-corrected chi connectivity index (χ2v) is 6.29. The Balaban J connectivity index is 2.04. The molecule has 5 nitrogen and oxygen atoms in total. The van der Waals surface area contributed by atoms with Crippen LogP contribution >= 0.6 is 11.8 Å². The molecule has 0 bridgehead atoms. The van der Waals surface area contributed by atoms with Gasteiger partial charge in [-0.1, -0.05) is 55.9 Å². The van der Waals surface area contributed by atoms with E-state index in [9.17, 15) is 9.90 Å². The van der Waals surface area contributed by atoms with E-state index < -0.39 is 0 Å². The monoisotopic (exact) mass is 333 g/mol. The maximum atomic E-state index is 12.2. The summed E-state index contributed by atoms with van der Waals surface area (Å²) in [5.41, 5.74) is 1.01. The third kappa shape index (κ3) is 5.11. The molecule has 0 saturated carbocycles. The molecule has 2 N–H and O–H groups in total. The molecule has 6 heteroatoms. The summed E-state index contributed by atoms with van der Waals surface area (Å²) in [4.78, 5) is 21.4. The minimum absolute atomic E-state index is 0.178. The lowest BCUT2D eigenvalue weighted by Gasteiger charge is -2.17. The molecule has 0 unspecified atom stereocenters. The molecule has 2 rings (SSSR count). The number of aromatic nitrogens is 2. The van der Waals surface area contributed by atoms with Gasteiger partial charge in [0.1, 0.15) is 0 Å². The summed E-state index contributed by atoms with van der Waals surface area (Å²) in [6.07, 6.45) is 0.374. The molecule has 1 heterocycles. The molecule has 0 spiro atoms. The first kappa shape index (κ1) is 17.6.